The van der Waals surface area contributed by atoms with E-state index in [1.165, 1.54) is 7.11 Å². The monoisotopic (exact) mass is 421 g/mol. The van der Waals surface area contributed by atoms with Crippen LogP contribution in [-0.4, -0.2) is 50.2 Å². The lowest BCUT2D eigenvalue weighted by Crippen LogP contribution is -2.27. The summed E-state index contributed by atoms with van der Waals surface area (Å²) in [5.41, 5.74) is 3.74. The Kier molecular flexibility index (Phi) is 6.23. The molecule has 0 aliphatic carbocycles. The van der Waals surface area contributed by atoms with Crippen LogP contribution in [0.2, 0.25) is 0 Å². The number of ether oxygens (including phenoxy) is 3. The number of carbonyl (C=O) groups excluding carboxylic acids is 1. The predicted molar refractivity (Wildman–Crippen MR) is 118 cm³/mol. The van der Waals surface area contributed by atoms with Crippen molar-refractivity contribution in [3.8, 4) is 28.4 Å². The summed E-state index contributed by atoms with van der Waals surface area (Å²) in [6.07, 6.45) is 1.84. The largest absolute Gasteiger partial charge is 0.497 e. The Morgan fingerprint density at radius 3 is 2.06 bits per heavy atom. The van der Waals surface area contributed by atoms with Gasteiger partial charge in [-0.15, -0.1) is 0 Å². The molecule has 0 unspecified atom stereocenters. The molecule has 0 atom stereocenters. The Bertz CT molecular complexity index is 1040. The predicted octanol–water partition coefficient (Wildman–Crippen LogP) is 3.81. The Morgan fingerprint density at radius 2 is 1.52 bits per heavy atom. The number of esters is 1. The maximum atomic E-state index is 13.0. The van der Waals surface area contributed by atoms with Crippen molar-refractivity contribution in [1.82, 2.24) is 15.1 Å². The van der Waals surface area contributed by atoms with E-state index in [-0.39, 0.29) is 11.9 Å². The molecular weight excluding hydrogens is 394 g/mol. The summed E-state index contributed by atoms with van der Waals surface area (Å²) < 4.78 is 17.7. The number of piperidine rings is 1. The van der Waals surface area contributed by atoms with Gasteiger partial charge in [0.25, 0.3) is 0 Å². The highest BCUT2D eigenvalue weighted by atomic mass is 16.5. The highest BCUT2D eigenvalue weighted by molar-refractivity contribution is 5.98. The Labute approximate surface area is 181 Å². The lowest BCUT2D eigenvalue weighted by Gasteiger charge is -2.21. The molecule has 1 aromatic heterocycles. The zero-order valence-electron chi connectivity index (χ0n) is 18.1. The van der Waals surface area contributed by atoms with Gasteiger partial charge in [-0.3, -0.25) is 0 Å². The van der Waals surface area contributed by atoms with E-state index in [0.29, 0.717) is 11.3 Å². The third kappa shape index (κ3) is 4.14. The van der Waals surface area contributed by atoms with Gasteiger partial charge in [0, 0.05) is 11.5 Å². The molecule has 1 N–H and O–H groups in total. The van der Waals surface area contributed by atoms with E-state index in [1.807, 2.05) is 53.2 Å². The third-order valence-electron chi connectivity index (χ3n) is 5.71. The lowest BCUT2D eigenvalue weighted by molar-refractivity contribution is 0.0599. The normalized spacial score (nSPS) is 14.3. The van der Waals surface area contributed by atoms with Crippen molar-refractivity contribution in [3.05, 3.63) is 59.8 Å². The summed E-state index contributed by atoms with van der Waals surface area (Å²) in [5, 5.41) is 8.34. The first-order valence-corrected chi connectivity index (χ1v) is 10.4. The van der Waals surface area contributed by atoms with Crippen LogP contribution in [0.4, 0.5) is 0 Å². The average Bonchev–Trinajstić information content (AvgIpc) is 3.25. The van der Waals surface area contributed by atoms with Crippen LogP contribution in [0.1, 0.15) is 34.8 Å². The van der Waals surface area contributed by atoms with Gasteiger partial charge in [-0.25, -0.2) is 9.48 Å². The van der Waals surface area contributed by atoms with Crippen LogP contribution in [-0.2, 0) is 4.74 Å². The highest BCUT2D eigenvalue weighted by Gasteiger charge is 2.31. The highest BCUT2D eigenvalue weighted by Crippen LogP contribution is 2.36. The average molecular weight is 421 g/mol. The fourth-order valence-corrected chi connectivity index (χ4v) is 4.05. The van der Waals surface area contributed by atoms with Gasteiger partial charge in [0.15, 0.2) is 0 Å². The second-order valence-corrected chi connectivity index (χ2v) is 7.46. The van der Waals surface area contributed by atoms with Crippen molar-refractivity contribution < 1.29 is 19.0 Å². The molecule has 0 bridgehead atoms. The maximum absolute atomic E-state index is 13.0. The topological polar surface area (TPSA) is 74.6 Å². The summed E-state index contributed by atoms with van der Waals surface area (Å²) in [6, 6.07) is 15.3. The fraction of sp³-hybridized carbons (Fsp3) is 0.333. The molecule has 31 heavy (non-hydrogen) atoms. The van der Waals surface area contributed by atoms with Crippen molar-refractivity contribution in [2.45, 2.75) is 18.8 Å². The minimum Gasteiger partial charge on any atom is -0.497 e. The zero-order chi connectivity index (χ0) is 21.8. The molecule has 0 radical (unpaired) electrons. The molecule has 1 aliphatic heterocycles. The van der Waals surface area contributed by atoms with Gasteiger partial charge in [-0.2, -0.15) is 5.10 Å². The van der Waals surface area contributed by atoms with Gasteiger partial charge in [0.2, 0.25) is 0 Å². The zero-order valence-corrected chi connectivity index (χ0v) is 18.1. The number of nitrogens with one attached hydrogen (secondary N) is 1. The summed E-state index contributed by atoms with van der Waals surface area (Å²) >= 11 is 0. The van der Waals surface area contributed by atoms with Crippen molar-refractivity contribution in [3.63, 3.8) is 0 Å². The molecule has 162 valence electrons. The quantitative estimate of drug-likeness (QED) is 0.610. The summed E-state index contributed by atoms with van der Waals surface area (Å²) in [7, 11) is 4.68. The number of hydrogen-bond acceptors (Lipinski definition) is 6. The molecule has 7 heteroatoms. The first-order chi connectivity index (χ1) is 15.2. The molecule has 0 amide bonds. The number of methoxy groups -OCH3 is 3. The molecular formula is C24H27N3O4. The summed E-state index contributed by atoms with van der Waals surface area (Å²) in [4.78, 5) is 13.0. The van der Waals surface area contributed by atoms with Crippen molar-refractivity contribution in [2.24, 2.45) is 0 Å². The third-order valence-corrected chi connectivity index (χ3v) is 5.71. The molecule has 1 aliphatic rings. The van der Waals surface area contributed by atoms with E-state index < -0.39 is 0 Å². The van der Waals surface area contributed by atoms with Crippen LogP contribution in [0.5, 0.6) is 11.5 Å². The summed E-state index contributed by atoms with van der Waals surface area (Å²) in [6.45, 7) is 1.80. The van der Waals surface area contributed by atoms with Crippen molar-refractivity contribution >= 4 is 5.97 Å². The molecule has 1 saturated heterocycles. The van der Waals surface area contributed by atoms with Crippen molar-refractivity contribution in [1.29, 1.82) is 0 Å². The molecule has 3 aromatic rings. The second kappa shape index (κ2) is 9.22. The lowest BCUT2D eigenvalue weighted by atomic mass is 9.90. The van der Waals surface area contributed by atoms with Gasteiger partial charge >= 0.3 is 5.97 Å². The SMILES string of the molecule is COC(=O)c1c(C2CCNCC2)nn(-c2ccc(OC)cc2)c1-c1ccc(OC)cc1. The Morgan fingerprint density at radius 1 is 0.935 bits per heavy atom. The number of nitrogens with zero attached hydrogens (tertiary/aromatic N) is 2. The maximum Gasteiger partial charge on any atom is 0.342 e. The van der Waals surface area contributed by atoms with Gasteiger partial charge in [-0.1, -0.05) is 0 Å². The van der Waals surface area contributed by atoms with Crippen LogP contribution < -0.4 is 14.8 Å². The van der Waals surface area contributed by atoms with Crippen LogP contribution in [0.15, 0.2) is 48.5 Å². The molecule has 2 aromatic carbocycles. The number of carbonyl (C=O) groups is 1. The molecule has 4 rings (SSSR count). The standard InChI is InChI=1S/C24H27N3O4/c1-29-19-8-4-17(5-9-19)23-21(24(28)31-3)22(16-12-14-25-15-13-16)26-27(23)18-6-10-20(30-2)11-7-18/h4-11,16,25H,12-15H2,1-3H3. The Balaban J connectivity index is 1.94. The Hall–Kier alpha value is -3.32. The first kappa shape index (κ1) is 20.9. The number of benzene rings is 2. The van der Waals surface area contributed by atoms with E-state index in [9.17, 15) is 4.79 Å². The first-order valence-electron chi connectivity index (χ1n) is 10.4. The van der Waals surface area contributed by atoms with Gasteiger partial charge in [0.05, 0.1) is 38.4 Å². The van der Waals surface area contributed by atoms with Crippen molar-refractivity contribution in [2.75, 3.05) is 34.4 Å². The fourth-order valence-electron chi connectivity index (χ4n) is 4.05. The van der Waals surface area contributed by atoms with Gasteiger partial charge < -0.3 is 19.5 Å². The number of hydrogen-bond donors (Lipinski definition) is 1. The minimum absolute atomic E-state index is 0.187. The number of aromatic nitrogens is 2. The van der Waals surface area contributed by atoms with Crippen LogP contribution in [0.3, 0.4) is 0 Å². The van der Waals surface area contributed by atoms with E-state index in [0.717, 1.165) is 54.4 Å². The molecule has 2 heterocycles. The van der Waals surface area contributed by atoms with E-state index in [4.69, 9.17) is 19.3 Å². The van der Waals surface area contributed by atoms with Crippen LogP contribution in [0, 0.1) is 0 Å². The minimum atomic E-state index is -0.376. The number of rotatable bonds is 6. The molecule has 0 saturated carbocycles. The van der Waals surface area contributed by atoms with Crippen LogP contribution >= 0.6 is 0 Å². The molecule has 1 fully saturated rings. The smallest absolute Gasteiger partial charge is 0.342 e. The van der Waals surface area contributed by atoms with E-state index in [1.54, 1.807) is 14.2 Å². The van der Waals surface area contributed by atoms with Crippen LogP contribution in [0.25, 0.3) is 16.9 Å². The van der Waals surface area contributed by atoms with Gasteiger partial charge in [-0.05, 0) is 74.5 Å². The van der Waals surface area contributed by atoms with E-state index in [2.05, 4.69) is 5.32 Å². The molecule has 7 nitrogen and oxygen atoms in total. The van der Waals surface area contributed by atoms with E-state index >= 15 is 0 Å². The molecule has 0 spiro atoms. The van der Waals surface area contributed by atoms with Gasteiger partial charge in [0.1, 0.15) is 17.1 Å². The second-order valence-electron chi connectivity index (χ2n) is 7.46. The summed E-state index contributed by atoms with van der Waals surface area (Å²) in [5.74, 6) is 1.32.